The Kier molecular flexibility index (Phi) is 6.30. The van der Waals surface area contributed by atoms with E-state index < -0.39 is 36.5 Å². The van der Waals surface area contributed by atoms with Crippen LogP contribution in [-0.4, -0.2) is 36.6 Å². The van der Waals surface area contributed by atoms with Crippen LogP contribution in [0.4, 0.5) is 4.39 Å². The first-order valence-corrected chi connectivity index (χ1v) is 9.84. The van der Waals surface area contributed by atoms with Crippen LogP contribution in [0.3, 0.4) is 0 Å². The molecule has 0 aliphatic heterocycles. The molecule has 0 saturated heterocycles. The summed E-state index contributed by atoms with van der Waals surface area (Å²) in [5.74, 6) is -0.760. The van der Waals surface area contributed by atoms with Gasteiger partial charge in [-0.3, -0.25) is 9.00 Å². The molecule has 1 atom stereocenters. The number of amides is 1. The summed E-state index contributed by atoms with van der Waals surface area (Å²) in [7, 11) is 0.0307. The predicted octanol–water partition coefficient (Wildman–Crippen LogP) is 1.56. The second-order valence-corrected chi connectivity index (χ2v) is 8.60. The van der Waals surface area contributed by atoms with E-state index in [-0.39, 0.29) is 23.4 Å². The Morgan fingerprint density at radius 3 is 2.57 bits per heavy atom. The number of hydrogen-bond donors (Lipinski definition) is 1. The van der Waals surface area contributed by atoms with Gasteiger partial charge in [-0.15, -0.1) is 0 Å². The van der Waals surface area contributed by atoms with Crippen LogP contribution in [0, 0.1) is 12.7 Å². The van der Waals surface area contributed by atoms with Gasteiger partial charge in [-0.25, -0.2) is 12.8 Å². The molecule has 0 spiro atoms. The topological polar surface area (TPSA) is 80.3 Å². The fourth-order valence-electron chi connectivity index (χ4n) is 1.66. The molecule has 5 nitrogen and oxygen atoms in total. The van der Waals surface area contributed by atoms with Gasteiger partial charge in [0, 0.05) is 45.1 Å². The number of hydrogen-bond acceptors (Lipinski definition) is 4. The van der Waals surface area contributed by atoms with Gasteiger partial charge < -0.3 is 5.32 Å². The molecule has 0 saturated carbocycles. The van der Waals surface area contributed by atoms with E-state index in [0.29, 0.717) is 5.75 Å². The number of carbonyl (C=O) groups excluding carboxylic acids is 1. The lowest BCUT2D eigenvalue weighted by molar-refractivity contribution is 0.0955. The lowest BCUT2D eigenvalue weighted by Crippen LogP contribution is -2.29. The highest BCUT2D eigenvalue weighted by Gasteiger charge is 2.21. The third-order valence-corrected chi connectivity index (χ3v) is 5.52. The molecule has 21 heavy (non-hydrogen) atoms. The lowest BCUT2D eigenvalue weighted by atomic mass is 10.1. The summed E-state index contributed by atoms with van der Waals surface area (Å²) in [4.78, 5) is 11.5. The van der Waals surface area contributed by atoms with E-state index >= 15 is 0 Å². The minimum absolute atomic E-state index is 0.0699. The molecule has 1 unspecified atom stereocenters. The summed E-state index contributed by atoms with van der Waals surface area (Å²) < 4.78 is 47.4. The molecule has 1 aromatic carbocycles. The minimum Gasteiger partial charge on any atom is -0.351 e. The van der Waals surface area contributed by atoms with Crippen molar-refractivity contribution in [1.29, 1.82) is 0 Å². The van der Waals surface area contributed by atoms with Crippen LogP contribution in [0.2, 0.25) is 0 Å². The average molecular weight is 356 g/mol. The van der Waals surface area contributed by atoms with Crippen LogP contribution in [0.15, 0.2) is 17.0 Å². The fraction of sp³-hybridized carbons (Fsp3) is 0.417. The first kappa shape index (κ1) is 18.1. The van der Waals surface area contributed by atoms with Crippen molar-refractivity contribution in [3.05, 3.63) is 29.1 Å². The lowest BCUT2D eigenvalue weighted by Gasteiger charge is -2.10. The first-order valence-electron chi connectivity index (χ1n) is 6.04. The summed E-state index contributed by atoms with van der Waals surface area (Å²) in [6, 6.07) is 1.70. The molecule has 1 aromatic rings. The van der Waals surface area contributed by atoms with Gasteiger partial charge in [0.05, 0.1) is 4.90 Å². The zero-order valence-corrected chi connectivity index (χ0v) is 13.9. The van der Waals surface area contributed by atoms with Crippen molar-refractivity contribution in [2.75, 3.05) is 18.1 Å². The Bertz CT molecular complexity index is 676. The van der Waals surface area contributed by atoms with Gasteiger partial charge in [-0.05, 0) is 24.6 Å². The van der Waals surface area contributed by atoms with Crippen molar-refractivity contribution >= 4 is 36.4 Å². The third-order valence-electron chi connectivity index (χ3n) is 2.77. The molecular weight excluding hydrogens is 341 g/mol. The van der Waals surface area contributed by atoms with Crippen molar-refractivity contribution in [3.8, 4) is 0 Å². The van der Waals surface area contributed by atoms with Gasteiger partial charge in [0.15, 0.2) is 0 Å². The highest BCUT2D eigenvalue weighted by atomic mass is 35.7. The molecular formula is C12H15ClFNO4S2. The van der Waals surface area contributed by atoms with Gasteiger partial charge in [0.1, 0.15) is 5.82 Å². The molecule has 1 N–H and O–H groups in total. The Hall–Kier alpha value is -0.990. The molecule has 0 bridgehead atoms. The third kappa shape index (κ3) is 5.05. The van der Waals surface area contributed by atoms with Crippen molar-refractivity contribution in [1.82, 2.24) is 5.32 Å². The Morgan fingerprint density at radius 1 is 1.43 bits per heavy atom. The van der Waals surface area contributed by atoms with Gasteiger partial charge in [-0.1, -0.05) is 6.92 Å². The molecule has 118 valence electrons. The van der Waals surface area contributed by atoms with Crippen LogP contribution in [-0.2, 0) is 19.9 Å². The van der Waals surface area contributed by atoms with Crippen molar-refractivity contribution < 1.29 is 21.8 Å². The predicted molar refractivity (Wildman–Crippen MR) is 80.1 cm³/mol. The van der Waals surface area contributed by atoms with Crippen molar-refractivity contribution in [2.45, 2.75) is 18.7 Å². The molecule has 0 aliphatic carbocycles. The molecule has 9 heteroatoms. The summed E-state index contributed by atoms with van der Waals surface area (Å²) >= 11 is 0. The summed E-state index contributed by atoms with van der Waals surface area (Å²) in [6.07, 6.45) is 0. The highest BCUT2D eigenvalue weighted by molar-refractivity contribution is 8.13. The maximum absolute atomic E-state index is 13.5. The SMILES string of the molecule is CCS(=O)CCNC(=O)c1cc(F)cc(S(=O)(=O)Cl)c1C. The van der Waals surface area contributed by atoms with Crippen LogP contribution in [0.1, 0.15) is 22.8 Å². The van der Waals surface area contributed by atoms with Gasteiger partial charge in [-0.2, -0.15) is 0 Å². The number of nitrogens with one attached hydrogen (secondary N) is 1. The molecule has 0 aliphatic rings. The van der Waals surface area contributed by atoms with Crippen molar-refractivity contribution in [3.63, 3.8) is 0 Å². The van der Waals surface area contributed by atoms with E-state index in [9.17, 15) is 21.8 Å². The van der Waals surface area contributed by atoms with Crippen molar-refractivity contribution in [2.24, 2.45) is 0 Å². The van der Waals surface area contributed by atoms with E-state index in [0.717, 1.165) is 12.1 Å². The van der Waals surface area contributed by atoms with Gasteiger partial charge in [0.25, 0.3) is 15.0 Å². The fourth-order valence-corrected chi connectivity index (χ4v) is 3.49. The quantitative estimate of drug-likeness (QED) is 0.785. The standard InChI is InChI=1S/C12H15ClFNO4S2/c1-3-20(17)5-4-15-12(16)10-6-9(14)7-11(8(10)2)21(13,18)19/h6-7H,3-5H2,1-2H3,(H,15,16). The summed E-state index contributed by atoms with van der Waals surface area (Å²) in [6.45, 7) is 3.28. The van der Waals surface area contributed by atoms with E-state index in [1.165, 1.54) is 6.92 Å². The molecule has 0 aromatic heterocycles. The molecule has 0 fully saturated rings. The minimum atomic E-state index is -4.15. The second kappa shape index (κ2) is 7.33. The normalized spacial score (nSPS) is 13.0. The second-order valence-electron chi connectivity index (χ2n) is 4.20. The Labute approximate surface area is 129 Å². The smallest absolute Gasteiger partial charge is 0.261 e. The maximum Gasteiger partial charge on any atom is 0.261 e. The van der Waals surface area contributed by atoms with E-state index in [1.807, 2.05) is 0 Å². The van der Waals surface area contributed by atoms with Gasteiger partial charge >= 0.3 is 0 Å². The molecule has 0 heterocycles. The zero-order chi connectivity index (χ0) is 16.2. The number of halogens is 2. The zero-order valence-electron chi connectivity index (χ0n) is 11.5. The molecule has 1 rings (SSSR count). The average Bonchev–Trinajstić information content (AvgIpc) is 2.39. The monoisotopic (exact) mass is 355 g/mol. The number of benzene rings is 1. The Balaban J connectivity index is 3.00. The summed E-state index contributed by atoms with van der Waals surface area (Å²) in [5.41, 5.74) is -0.0444. The van der Waals surface area contributed by atoms with E-state index in [1.54, 1.807) is 6.92 Å². The number of rotatable bonds is 6. The van der Waals surface area contributed by atoms with Crippen LogP contribution >= 0.6 is 10.7 Å². The van der Waals surface area contributed by atoms with Gasteiger partial charge in [0.2, 0.25) is 0 Å². The largest absolute Gasteiger partial charge is 0.351 e. The maximum atomic E-state index is 13.5. The molecule has 1 amide bonds. The van der Waals surface area contributed by atoms with Crippen LogP contribution in [0.5, 0.6) is 0 Å². The first-order chi connectivity index (χ1) is 9.66. The summed E-state index contributed by atoms with van der Waals surface area (Å²) in [5, 5.41) is 2.47. The van der Waals surface area contributed by atoms with E-state index in [2.05, 4.69) is 5.32 Å². The van der Waals surface area contributed by atoms with Crippen LogP contribution in [0.25, 0.3) is 0 Å². The Morgan fingerprint density at radius 2 is 2.05 bits per heavy atom. The van der Waals surface area contributed by atoms with Crippen LogP contribution < -0.4 is 5.32 Å². The van der Waals surface area contributed by atoms with E-state index in [4.69, 9.17) is 10.7 Å². The highest BCUT2D eigenvalue weighted by Crippen LogP contribution is 2.24. The number of carbonyl (C=O) groups is 1. The molecule has 0 radical (unpaired) electrons.